The number of nitrogens with one attached hydrogen (secondary N) is 1. The van der Waals surface area contributed by atoms with Crippen molar-refractivity contribution in [2.24, 2.45) is 0 Å². The van der Waals surface area contributed by atoms with E-state index in [2.05, 4.69) is 17.2 Å². The molecule has 150 valence electrons. The van der Waals surface area contributed by atoms with Gasteiger partial charge >= 0.3 is 5.97 Å². The Labute approximate surface area is 171 Å². The van der Waals surface area contributed by atoms with E-state index in [1.165, 1.54) is 7.11 Å². The van der Waals surface area contributed by atoms with Crippen LogP contribution in [0.3, 0.4) is 0 Å². The Morgan fingerprint density at radius 2 is 1.79 bits per heavy atom. The molecular weight excluding hydrogens is 364 g/mol. The van der Waals surface area contributed by atoms with Crippen LogP contribution in [0, 0.1) is 0 Å². The van der Waals surface area contributed by atoms with Crippen molar-refractivity contribution < 1.29 is 9.53 Å². The summed E-state index contributed by atoms with van der Waals surface area (Å²) in [6.07, 6.45) is 2.16. The zero-order chi connectivity index (χ0) is 20.6. The first kappa shape index (κ1) is 20.3. The highest BCUT2D eigenvalue weighted by Crippen LogP contribution is 2.26. The summed E-state index contributed by atoms with van der Waals surface area (Å²) in [7, 11) is 3.37. The number of hydrogen-bond acceptors (Lipinski definition) is 6. The van der Waals surface area contributed by atoms with E-state index >= 15 is 0 Å². The normalized spacial score (nSPS) is 10.4. The molecule has 0 fully saturated rings. The fourth-order valence-corrected chi connectivity index (χ4v) is 2.94. The van der Waals surface area contributed by atoms with Crippen LogP contribution in [0.4, 0.5) is 17.5 Å². The SMILES string of the molecule is CCCCN(C)c1nc(Nc2ccccc2C(=O)OC)cc(-c2ccccc2)n1. The van der Waals surface area contributed by atoms with Crippen LogP contribution in [0.25, 0.3) is 11.3 Å². The molecule has 3 rings (SSSR count). The van der Waals surface area contributed by atoms with Gasteiger partial charge in [-0.05, 0) is 18.6 Å². The van der Waals surface area contributed by atoms with Gasteiger partial charge in [-0.2, -0.15) is 4.98 Å². The number of esters is 1. The van der Waals surface area contributed by atoms with Gasteiger partial charge in [-0.1, -0.05) is 55.8 Å². The van der Waals surface area contributed by atoms with E-state index in [0.29, 0.717) is 23.0 Å². The number of carbonyl (C=O) groups excluding carboxylic acids is 1. The Kier molecular flexibility index (Phi) is 6.79. The molecule has 0 aliphatic heterocycles. The molecule has 3 aromatic rings. The number of unbranched alkanes of at least 4 members (excludes halogenated alkanes) is 1. The number of rotatable bonds is 8. The Bertz CT molecular complexity index is 960. The van der Waals surface area contributed by atoms with Gasteiger partial charge in [0.05, 0.1) is 24.1 Å². The maximum Gasteiger partial charge on any atom is 0.339 e. The van der Waals surface area contributed by atoms with Crippen LogP contribution in [-0.4, -0.2) is 36.6 Å². The molecule has 2 aromatic carbocycles. The lowest BCUT2D eigenvalue weighted by atomic mass is 10.1. The number of para-hydroxylation sites is 1. The van der Waals surface area contributed by atoms with Gasteiger partial charge in [0, 0.05) is 25.2 Å². The lowest BCUT2D eigenvalue weighted by Gasteiger charge is -2.19. The third kappa shape index (κ3) is 5.10. The van der Waals surface area contributed by atoms with Crippen molar-refractivity contribution >= 4 is 23.4 Å². The Balaban J connectivity index is 2.01. The van der Waals surface area contributed by atoms with Gasteiger partial charge in [0.2, 0.25) is 5.95 Å². The Morgan fingerprint density at radius 3 is 2.52 bits per heavy atom. The van der Waals surface area contributed by atoms with Gasteiger partial charge in [-0.3, -0.25) is 0 Å². The van der Waals surface area contributed by atoms with Crippen molar-refractivity contribution in [1.82, 2.24) is 9.97 Å². The summed E-state index contributed by atoms with van der Waals surface area (Å²) in [5.41, 5.74) is 2.91. The molecule has 0 bridgehead atoms. The van der Waals surface area contributed by atoms with Crippen LogP contribution >= 0.6 is 0 Å². The molecule has 0 unspecified atom stereocenters. The van der Waals surface area contributed by atoms with Crippen LogP contribution in [0.1, 0.15) is 30.1 Å². The predicted octanol–water partition coefficient (Wildman–Crippen LogP) is 4.91. The molecule has 0 atom stereocenters. The van der Waals surface area contributed by atoms with Crippen LogP contribution < -0.4 is 10.2 Å². The number of benzene rings is 2. The van der Waals surface area contributed by atoms with Crippen molar-refractivity contribution in [2.75, 3.05) is 30.9 Å². The van der Waals surface area contributed by atoms with Crippen molar-refractivity contribution in [3.63, 3.8) is 0 Å². The largest absolute Gasteiger partial charge is 0.465 e. The molecule has 6 nitrogen and oxygen atoms in total. The first-order chi connectivity index (χ1) is 14.1. The maximum absolute atomic E-state index is 12.1. The molecule has 0 aliphatic rings. The summed E-state index contributed by atoms with van der Waals surface area (Å²) >= 11 is 0. The fourth-order valence-electron chi connectivity index (χ4n) is 2.94. The number of aromatic nitrogens is 2. The number of carbonyl (C=O) groups is 1. The zero-order valence-electron chi connectivity index (χ0n) is 17.1. The summed E-state index contributed by atoms with van der Waals surface area (Å²) in [5.74, 6) is 0.858. The second-order valence-electron chi connectivity index (χ2n) is 6.74. The van der Waals surface area contributed by atoms with E-state index in [1.54, 1.807) is 12.1 Å². The predicted molar refractivity (Wildman–Crippen MR) is 117 cm³/mol. The first-order valence-corrected chi connectivity index (χ1v) is 9.72. The molecule has 0 amide bonds. The minimum Gasteiger partial charge on any atom is -0.465 e. The number of methoxy groups -OCH3 is 1. The molecule has 29 heavy (non-hydrogen) atoms. The Morgan fingerprint density at radius 1 is 1.07 bits per heavy atom. The van der Waals surface area contributed by atoms with Crippen LogP contribution in [-0.2, 0) is 4.74 Å². The third-order valence-electron chi connectivity index (χ3n) is 4.57. The minimum absolute atomic E-state index is 0.397. The van der Waals surface area contributed by atoms with Gasteiger partial charge in [-0.15, -0.1) is 0 Å². The molecule has 0 saturated heterocycles. The highest BCUT2D eigenvalue weighted by molar-refractivity contribution is 5.96. The van der Waals surface area contributed by atoms with E-state index < -0.39 is 5.97 Å². The summed E-state index contributed by atoms with van der Waals surface area (Å²) in [6, 6.07) is 19.1. The van der Waals surface area contributed by atoms with E-state index in [1.807, 2.05) is 60.5 Å². The average Bonchev–Trinajstić information content (AvgIpc) is 2.77. The monoisotopic (exact) mass is 390 g/mol. The first-order valence-electron chi connectivity index (χ1n) is 9.72. The fraction of sp³-hybridized carbons (Fsp3) is 0.261. The van der Waals surface area contributed by atoms with Crippen molar-refractivity contribution in [3.05, 3.63) is 66.2 Å². The molecule has 1 heterocycles. The molecule has 6 heteroatoms. The zero-order valence-corrected chi connectivity index (χ0v) is 17.1. The molecule has 0 saturated carbocycles. The highest BCUT2D eigenvalue weighted by Gasteiger charge is 2.14. The number of ether oxygens (including phenoxy) is 1. The molecular formula is C23H26N4O2. The van der Waals surface area contributed by atoms with Gasteiger partial charge in [0.1, 0.15) is 5.82 Å². The Hall–Kier alpha value is -3.41. The van der Waals surface area contributed by atoms with Gasteiger partial charge < -0.3 is 15.0 Å². The van der Waals surface area contributed by atoms with Gasteiger partial charge in [0.25, 0.3) is 0 Å². The van der Waals surface area contributed by atoms with Gasteiger partial charge in [0.15, 0.2) is 0 Å². The molecule has 1 N–H and O–H groups in total. The van der Waals surface area contributed by atoms with Crippen LogP contribution in [0.2, 0.25) is 0 Å². The summed E-state index contributed by atoms with van der Waals surface area (Å²) in [6.45, 7) is 3.03. The summed E-state index contributed by atoms with van der Waals surface area (Å²) < 4.78 is 4.89. The van der Waals surface area contributed by atoms with Crippen molar-refractivity contribution in [2.45, 2.75) is 19.8 Å². The molecule has 0 aliphatic carbocycles. The van der Waals surface area contributed by atoms with Crippen LogP contribution in [0.15, 0.2) is 60.7 Å². The molecule has 0 spiro atoms. The highest BCUT2D eigenvalue weighted by atomic mass is 16.5. The topological polar surface area (TPSA) is 67.4 Å². The summed E-state index contributed by atoms with van der Waals surface area (Å²) in [4.78, 5) is 23.6. The van der Waals surface area contributed by atoms with E-state index in [-0.39, 0.29) is 0 Å². The van der Waals surface area contributed by atoms with Gasteiger partial charge in [-0.25, -0.2) is 9.78 Å². The van der Waals surface area contributed by atoms with Crippen molar-refractivity contribution in [1.29, 1.82) is 0 Å². The standard InChI is InChI=1S/C23H26N4O2/c1-4-5-15-27(2)23-25-20(17-11-7-6-8-12-17)16-21(26-23)24-19-14-10-9-13-18(19)22(28)29-3/h6-14,16H,4-5,15H2,1-3H3,(H,24,25,26). The third-order valence-corrected chi connectivity index (χ3v) is 4.57. The van der Waals surface area contributed by atoms with E-state index in [0.717, 1.165) is 30.6 Å². The lowest BCUT2D eigenvalue weighted by Crippen LogP contribution is -2.21. The number of nitrogens with zero attached hydrogens (tertiary/aromatic N) is 3. The second-order valence-corrected chi connectivity index (χ2v) is 6.74. The number of hydrogen-bond donors (Lipinski definition) is 1. The van der Waals surface area contributed by atoms with E-state index in [9.17, 15) is 4.79 Å². The second kappa shape index (κ2) is 9.68. The summed E-state index contributed by atoms with van der Waals surface area (Å²) in [5, 5.41) is 3.27. The quantitative estimate of drug-likeness (QED) is 0.551. The minimum atomic E-state index is -0.397. The number of anilines is 3. The van der Waals surface area contributed by atoms with Crippen molar-refractivity contribution in [3.8, 4) is 11.3 Å². The molecule has 0 radical (unpaired) electrons. The van der Waals surface area contributed by atoms with Crippen LogP contribution in [0.5, 0.6) is 0 Å². The van der Waals surface area contributed by atoms with E-state index in [4.69, 9.17) is 9.72 Å². The molecule has 1 aromatic heterocycles. The lowest BCUT2D eigenvalue weighted by molar-refractivity contribution is 0.0602. The maximum atomic E-state index is 12.1. The average molecular weight is 390 g/mol. The smallest absolute Gasteiger partial charge is 0.339 e.